The van der Waals surface area contributed by atoms with E-state index in [1.165, 1.54) is 23.1 Å². The summed E-state index contributed by atoms with van der Waals surface area (Å²) in [5, 5.41) is 2.55. The highest BCUT2D eigenvalue weighted by molar-refractivity contribution is 5.95. The number of alkyl halides is 3. The number of rotatable bonds is 5. The number of hydrogen-bond acceptors (Lipinski definition) is 2. The molecular formula is C22H21F5N2O2. The standard InChI is InChI=1S/C22H21F5N2O2/c23-17-4-1-5-18(24)20(17)21(31)29-12-2-3-14(13-29)6-11-19(30)28-16-9-7-15(8-10-16)22(25,26)27/h1,4-5,7-10,14H,2-3,6,11-13H2,(H,28,30). The Hall–Kier alpha value is -2.97. The Kier molecular flexibility index (Phi) is 6.92. The van der Waals surface area contributed by atoms with Crippen molar-refractivity contribution in [1.29, 1.82) is 0 Å². The molecule has 0 aliphatic carbocycles. The highest BCUT2D eigenvalue weighted by Crippen LogP contribution is 2.30. The van der Waals surface area contributed by atoms with Gasteiger partial charge in [0.25, 0.3) is 5.91 Å². The van der Waals surface area contributed by atoms with Crippen LogP contribution in [0.15, 0.2) is 42.5 Å². The Labute approximate surface area is 176 Å². The second-order valence-electron chi connectivity index (χ2n) is 7.52. The van der Waals surface area contributed by atoms with Gasteiger partial charge in [-0.3, -0.25) is 9.59 Å². The first-order valence-corrected chi connectivity index (χ1v) is 9.85. The minimum Gasteiger partial charge on any atom is -0.338 e. The predicted octanol–water partition coefficient (Wildman–Crippen LogP) is 5.25. The van der Waals surface area contributed by atoms with E-state index in [0.29, 0.717) is 19.4 Å². The summed E-state index contributed by atoms with van der Waals surface area (Å²) in [6, 6.07) is 7.40. The van der Waals surface area contributed by atoms with Crippen LogP contribution in [0.2, 0.25) is 0 Å². The van der Waals surface area contributed by atoms with Crippen LogP contribution >= 0.6 is 0 Å². The first-order chi connectivity index (χ1) is 14.6. The smallest absolute Gasteiger partial charge is 0.338 e. The van der Waals surface area contributed by atoms with Crippen LogP contribution in [0.5, 0.6) is 0 Å². The highest BCUT2D eigenvalue weighted by atomic mass is 19.4. The first-order valence-electron chi connectivity index (χ1n) is 9.85. The van der Waals surface area contributed by atoms with Crippen molar-refractivity contribution in [1.82, 2.24) is 4.90 Å². The van der Waals surface area contributed by atoms with Crippen LogP contribution in [0.1, 0.15) is 41.6 Å². The van der Waals surface area contributed by atoms with Crippen LogP contribution in [0.3, 0.4) is 0 Å². The number of hydrogen-bond donors (Lipinski definition) is 1. The molecule has 31 heavy (non-hydrogen) atoms. The van der Waals surface area contributed by atoms with Gasteiger partial charge in [-0.05, 0) is 61.6 Å². The lowest BCUT2D eigenvalue weighted by molar-refractivity contribution is -0.137. The Morgan fingerprint density at radius 2 is 1.68 bits per heavy atom. The normalized spacial score (nSPS) is 16.8. The van der Waals surface area contributed by atoms with Crippen LogP contribution in [0.25, 0.3) is 0 Å². The molecule has 9 heteroatoms. The summed E-state index contributed by atoms with van der Waals surface area (Å²) < 4.78 is 65.6. The van der Waals surface area contributed by atoms with Crippen molar-refractivity contribution in [3.8, 4) is 0 Å². The number of benzene rings is 2. The molecule has 1 fully saturated rings. The van der Waals surface area contributed by atoms with Crippen LogP contribution < -0.4 is 5.32 Å². The van der Waals surface area contributed by atoms with Gasteiger partial charge in [-0.2, -0.15) is 13.2 Å². The number of piperidine rings is 1. The van der Waals surface area contributed by atoms with Crippen molar-refractivity contribution in [2.24, 2.45) is 5.92 Å². The third-order valence-corrected chi connectivity index (χ3v) is 5.26. The number of nitrogens with one attached hydrogen (secondary N) is 1. The molecule has 1 atom stereocenters. The van der Waals surface area contributed by atoms with Crippen LogP contribution in [-0.4, -0.2) is 29.8 Å². The van der Waals surface area contributed by atoms with E-state index >= 15 is 0 Å². The molecule has 1 N–H and O–H groups in total. The molecule has 1 aliphatic heterocycles. The summed E-state index contributed by atoms with van der Waals surface area (Å²) >= 11 is 0. The van der Waals surface area contributed by atoms with Crippen LogP contribution in [0, 0.1) is 17.6 Å². The SMILES string of the molecule is O=C(CCC1CCCN(C(=O)c2c(F)cccc2F)C1)Nc1ccc(C(F)(F)F)cc1. The van der Waals surface area contributed by atoms with Gasteiger partial charge in [0.2, 0.25) is 5.91 Å². The molecular weight excluding hydrogens is 419 g/mol. The quantitative estimate of drug-likeness (QED) is 0.646. The van der Waals surface area contributed by atoms with Crippen molar-refractivity contribution in [3.05, 3.63) is 65.2 Å². The zero-order chi connectivity index (χ0) is 22.6. The number of carbonyl (C=O) groups is 2. The molecule has 2 amide bonds. The van der Waals surface area contributed by atoms with E-state index in [1.54, 1.807) is 0 Å². The van der Waals surface area contributed by atoms with E-state index in [0.717, 1.165) is 30.7 Å². The summed E-state index contributed by atoms with van der Waals surface area (Å²) in [6.45, 7) is 0.654. The third-order valence-electron chi connectivity index (χ3n) is 5.26. The summed E-state index contributed by atoms with van der Waals surface area (Å²) in [5.74, 6) is -2.92. The maximum absolute atomic E-state index is 13.9. The Morgan fingerprint density at radius 1 is 1.03 bits per heavy atom. The van der Waals surface area contributed by atoms with E-state index in [4.69, 9.17) is 0 Å². The fraction of sp³-hybridized carbons (Fsp3) is 0.364. The second-order valence-corrected chi connectivity index (χ2v) is 7.52. The molecule has 4 nitrogen and oxygen atoms in total. The van der Waals surface area contributed by atoms with Gasteiger partial charge < -0.3 is 10.2 Å². The van der Waals surface area contributed by atoms with Crippen molar-refractivity contribution in [2.75, 3.05) is 18.4 Å². The molecule has 1 heterocycles. The molecule has 1 unspecified atom stereocenters. The topological polar surface area (TPSA) is 49.4 Å². The van der Waals surface area contributed by atoms with Gasteiger partial charge in [0, 0.05) is 25.2 Å². The number of halogens is 5. The molecule has 2 aromatic carbocycles. The van der Waals surface area contributed by atoms with Gasteiger partial charge in [0.1, 0.15) is 17.2 Å². The largest absolute Gasteiger partial charge is 0.416 e. The maximum atomic E-state index is 13.9. The molecule has 1 aliphatic rings. The highest BCUT2D eigenvalue weighted by Gasteiger charge is 2.30. The van der Waals surface area contributed by atoms with E-state index in [9.17, 15) is 31.5 Å². The molecule has 0 aromatic heterocycles. The lowest BCUT2D eigenvalue weighted by Gasteiger charge is -2.33. The predicted molar refractivity (Wildman–Crippen MR) is 104 cm³/mol. The lowest BCUT2D eigenvalue weighted by Crippen LogP contribution is -2.40. The minimum atomic E-state index is -4.45. The Bertz CT molecular complexity index is 924. The summed E-state index contributed by atoms with van der Waals surface area (Å²) in [7, 11) is 0. The van der Waals surface area contributed by atoms with Crippen molar-refractivity contribution < 1.29 is 31.5 Å². The average molecular weight is 440 g/mol. The molecule has 3 rings (SSSR count). The number of carbonyl (C=O) groups excluding carboxylic acids is 2. The van der Waals surface area contributed by atoms with Crippen molar-refractivity contribution >= 4 is 17.5 Å². The number of amides is 2. The number of anilines is 1. The molecule has 166 valence electrons. The van der Waals surface area contributed by atoms with Gasteiger partial charge >= 0.3 is 6.18 Å². The molecule has 2 aromatic rings. The van der Waals surface area contributed by atoms with Gasteiger partial charge in [-0.15, -0.1) is 0 Å². The first kappa shape index (κ1) is 22.7. The zero-order valence-electron chi connectivity index (χ0n) is 16.5. The lowest BCUT2D eigenvalue weighted by atomic mass is 9.92. The maximum Gasteiger partial charge on any atom is 0.416 e. The molecule has 0 bridgehead atoms. The van der Waals surface area contributed by atoms with E-state index < -0.39 is 34.8 Å². The third kappa shape index (κ3) is 5.80. The van der Waals surface area contributed by atoms with E-state index in [2.05, 4.69) is 5.32 Å². The van der Waals surface area contributed by atoms with E-state index in [-0.39, 0.29) is 30.5 Å². The second kappa shape index (κ2) is 9.45. The summed E-state index contributed by atoms with van der Waals surface area (Å²) in [5.41, 5.74) is -1.12. The van der Waals surface area contributed by atoms with E-state index in [1.807, 2.05) is 0 Å². The summed E-state index contributed by atoms with van der Waals surface area (Å²) in [4.78, 5) is 26.1. The fourth-order valence-corrected chi connectivity index (χ4v) is 3.65. The molecule has 0 spiro atoms. The Balaban J connectivity index is 1.52. The minimum absolute atomic E-state index is 0.0223. The monoisotopic (exact) mass is 440 g/mol. The molecule has 0 saturated carbocycles. The average Bonchev–Trinajstić information content (AvgIpc) is 2.72. The summed E-state index contributed by atoms with van der Waals surface area (Å²) in [6.07, 6.45) is -2.49. The van der Waals surface area contributed by atoms with Crippen molar-refractivity contribution in [3.63, 3.8) is 0 Å². The van der Waals surface area contributed by atoms with Crippen LogP contribution in [0.4, 0.5) is 27.6 Å². The van der Waals surface area contributed by atoms with Crippen LogP contribution in [-0.2, 0) is 11.0 Å². The Morgan fingerprint density at radius 3 is 2.29 bits per heavy atom. The van der Waals surface area contributed by atoms with Crippen molar-refractivity contribution in [2.45, 2.75) is 31.9 Å². The molecule has 0 radical (unpaired) electrons. The fourth-order valence-electron chi connectivity index (χ4n) is 3.65. The zero-order valence-corrected chi connectivity index (χ0v) is 16.5. The van der Waals surface area contributed by atoms with Gasteiger partial charge in [0.15, 0.2) is 0 Å². The number of nitrogens with zero attached hydrogens (tertiary/aromatic N) is 1. The van der Waals surface area contributed by atoms with Gasteiger partial charge in [-0.1, -0.05) is 6.07 Å². The molecule has 1 saturated heterocycles. The van der Waals surface area contributed by atoms with Gasteiger partial charge in [-0.25, -0.2) is 8.78 Å². The van der Waals surface area contributed by atoms with Gasteiger partial charge in [0.05, 0.1) is 5.56 Å². The number of likely N-dealkylation sites (tertiary alicyclic amines) is 1.